The van der Waals surface area contributed by atoms with E-state index in [1.165, 1.54) is 6.07 Å². The van der Waals surface area contributed by atoms with Crippen molar-refractivity contribution in [3.8, 4) is 0 Å². The first kappa shape index (κ1) is 20.0. The molecule has 160 valence electrons. The number of amides is 1. The van der Waals surface area contributed by atoms with Crippen LogP contribution in [0.2, 0.25) is 0 Å². The average molecular weight is 421 g/mol. The second kappa shape index (κ2) is 7.98. The lowest BCUT2D eigenvalue weighted by Crippen LogP contribution is -2.69. The molecule has 0 radical (unpaired) electrons. The van der Waals surface area contributed by atoms with E-state index in [1.807, 2.05) is 24.3 Å². The molecule has 4 heterocycles. The third kappa shape index (κ3) is 3.20. The first-order valence-electron chi connectivity index (χ1n) is 10.9. The molecule has 0 spiro atoms. The molecule has 0 aliphatic carbocycles. The van der Waals surface area contributed by atoms with E-state index in [0.29, 0.717) is 19.6 Å². The van der Waals surface area contributed by atoms with Gasteiger partial charge in [-0.25, -0.2) is 13.7 Å². The number of carbonyl (C=O) groups is 1. The van der Waals surface area contributed by atoms with E-state index < -0.39 is 11.4 Å². The van der Waals surface area contributed by atoms with Crippen LogP contribution >= 0.6 is 0 Å². The number of piperidine rings is 1. The van der Waals surface area contributed by atoms with Crippen LogP contribution in [0.5, 0.6) is 0 Å². The van der Waals surface area contributed by atoms with Crippen LogP contribution in [0.15, 0.2) is 65.4 Å². The smallest absolute Gasteiger partial charge is 0.349 e. The molecule has 0 bridgehead atoms. The van der Waals surface area contributed by atoms with Crippen molar-refractivity contribution in [1.29, 1.82) is 0 Å². The van der Waals surface area contributed by atoms with Gasteiger partial charge in [-0.2, -0.15) is 5.10 Å². The van der Waals surface area contributed by atoms with E-state index in [4.69, 9.17) is 4.42 Å². The number of nitrogens with one attached hydrogen (secondary N) is 1. The molecular weight excluding hydrogens is 395 g/mol. The molecule has 5 rings (SSSR count). The van der Waals surface area contributed by atoms with Gasteiger partial charge in [-0.1, -0.05) is 12.1 Å². The summed E-state index contributed by atoms with van der Waals surface area (Å²) in [7, 11) is 0. The zero-order chi connectivity index (χ0) is 21.3. The molecule has 2 fully saturated rings. The Balaban J connectivity index is 1.61. The molecule has 0 saturated carbocycles. The maximum absolute atomic E-state index is 14.8. The Kier molecular flexibility index (Phi) is 5.16. The molecule has 6 nitrogen and oxygen atoms in total. The van der Waals surface area contributed by atoms with Crippen LogP contribution in [-0.2, 0) is 5.54 Å². The van der Waals surface area contributed by atoms with Crippen LogP contribution in [0.25, 0.3) is 0 Å². The molecule has 2 aliphatic rings. The summed E-state index contributed by atoms with van der Waals surface area (Å²) in [6, 6.07) is 14.0. The molecule has 1 aromatic carbocycles. The van der Waals surface area contributed by atoms with E-state index in [1.54, 1.807) is 30.7 Å². The number of benzene rings is 1. The molecule has 7 heteroatoms. The van der Waals surface area contributed by atoms with Gasteiger partial charge in [0.2, 0.25) is 0 Å². The molecule has 1 N–H and O–H groups in total. The van der Waals surface area contributed by atoms with Crippen molar-refractivity contribution >= 4 is 5.91 Å². The summed E-state index contributed by atoms with van der Waals surface area (Å²) in [5.74, 6) is 0.556. The largest absolute Gasteiger partial charge is 0.469 e. The Bertz CT molecular complexity index is 1040. The van der Waals surface area contributed by atoms with Crippen molar-refractivity contribution in [2.45, 2.75) is 30.7 Å². The van der Waals surface area contributed by atoms with Gasteiger partial charge in [0.05, 0.1) is 25.9 Å². The standard InChI is InChI=1S/C24H26FN4O2/c25-20-6-2-1-5-19(20)23(30)29(14-9-18(10-15-29)21-7-4-16-31-21)24(11-13-26-17-24)22-8-3-12-27-28-22/h1-8,12,16,18,26H,9-11,13-15,17H2/q+1/t18?,24-,29?/m0/s1. The highest BCUT2D eigenvalue weighted by Crippen LogP contribution is 2.46. The Morgan fingerprint density at radius 1 is 1.13 bits per heavy atom. The molecule has 31 heavy (non-hydrogen) atoms. The van der Waals surface area contributed by atoms with Crippen LogP contribution in [0.3, 0.4) is 0 Å². The molecule has 0 unspecified atom stereocenters. The van der Waals surface area contributed by atoms with Gasteiger partial charge < -0.3 is 9.73 Å². The van der Waals surface area contributed by atoms with Crippen LogP contribution in [0.4, 0.5) is 4.39 Å². The predicted octanol–water partition coefficient (Wildman–Crippen LogP) is 3.63. The lowest BCUT2D eigenvalue weighted by atomic mass is 9.81. The summed E-state index contributed by atoms with van der Waals surface area (Å²) >= 11 is 0. The number of carbonyl (C=O) groups excluding carboxylic acids is 1. The fourth-order valence-corrected chi connectivity index (χ4v) is 5.54. The normalized spacial score (nSPS) is 28.5. The van der Waals surface area contributed by atoms with Crippen molar-refractivity contribution in [3.05, 3.63) is 83.8 Å². The van der Waals surface area contributed by atoms with Crippen molar-refractivity contribution < 1.29 is 18.1 Å². The van der Waals surface area contributed by atoms with Crippen molar-refractivity contribution in [2.75, 3.05) is 26.2 Å². The zero-order valence-electron chi connectivity index (χ0n) is 17.3. The lowest BCUT2D eigenvalue weighted by molar-refractivity contribution is -0.913. The summed E-state index contributed by atoms with van der Waals surface area (Å²) in [5.41, 5.74) is 0.358. The SMILES string of the molecule is O=C(c1ccccc1F)[N+]1([C@@]2(c3cccnn3)CCNC2)CCC(c2ccco2)CC1. The number of likely N-dealkylation sites (tertiary alicyclic amines) is 1. The Labute approximate surface area is 180 Å². The Morgan fingerprint density at radius 2 is 1.97 bits per heavy atom. The average Bonchev–Trinajstić information content (AvgIpc) is 3.53. The van der Waals surface area contributed by atoms with Gasteiger partial charge in [0, 0.05) is 37.9 Å². The minimum absolute atomic E-state index is 0.147. The summed E-state index contributed by atoms with van der Waals surface area (Å²) in [6.07, 6.45) is 5.66. The third-order valence-corrected chi connectivity index (χ3v) is 7.16. The Hall–Kier alpha value is -2.90. The number of nitrogens with zero attached hydrogens (tertiary/aromatic N) is 3. The summed E-state index contributed by atoms with van der Waals surface area (Å²) in [6.45, 7) is 2.58. The second-order valence-corrected chi connectivity index (χ2v) is 8.56. The fourth-order valence-electron chi connectivity index (χ4n) is 5.54. The highest BCUT2D eigenvalue weighted by atomic mass is 19.1. The van der Waals surface area contributed by atoms with E-state index in [2.05, 4.69) is 15.5 Å². The zero-order valence-corrected chi connectivity index (χ0v) is 17.3. The van der Waals surface area contributed by atoms with E-state index in [9.17, 15) is 9.18 Å². The van der Waals surface area contributed by atoms with Crippen LogP contribution < -0.4 is 5.32 Å². The van der Waals surface area contributed by atoms with Gasteiger partial charge in [0.1, 0.15) is 22.8 Å². The third-order valence-electron chi connectivity index (χ3n) is 7.16. The number of aromatic nitrogens is 2. The number of furan rings is 1. The second-order valence-electron chi connectivity index (χ2n) is 8.56. The number of rotatable bonds is 4. The maximum atomic E-state index is 14.8. The molecule has 3 aromatic rings. The minimum Gasteiger partial charge on any atom is -0.469 e. The summed E-state index contributed by atoms with van der Waals surface area (Å²) in [4.78, 5) is 14.1. The monoisotopic (exact) mass is 421 g/mol. The highest BCUT2D eigenvalue weighted by Gasteiger charge is 2.61. The van der Waals surface area contributed by atoms with Crippen LogP contribution in [0, 0.1) is 5.82 Å². The molecular formula is C24H26FN4O2+. The fraction of sp³-hybridized carbons (Fsp3) is 0.375. The highest BCUT2D eigenvalue weighted by molar-refractivity contribution is 5.89. The van der Waals surface area contributed by atoms with E-state index in [-0.39, 0.29) is 21.9 Å². The Morgan fingerprint density at radius 3 is 2.61 bits per heavy atom. The summed E-state index contributed by atoms with van der Waals surface area (Å²) < 4.78 is 20.6. The van der Waals surface area contributed by atoms with Crippen molar-refractivity contribution in [3.63, 3.8) is 0 Å². The molecule has 2 saturated heterocycles. The summed E-state index contributed by atoms with van der Waals surface area (Å²) in [5, 5.41) is 12.0. The van der Waals surface area contributed by atoms with Gasteiger partial charge in [-0.15, -0.1) is 5.10 Å². The van der Waals surface area contributed by atoms with Gasteiger partial charge in [-0.3, -0.25) is 0 Å². The minimum atomic E-state index is -0.582. The van der Waals surface area contributed by atoms with E-state index in [0.717, 1.165) is 37.3 Å². The first-order valence-corrected chi connectivity index (χ1v) is 10.9. The molecule has 1 atom stereocenters. The maximum Gasteiger partial charge on any atom is 0.349 e. The topological polar surface area (TPSA) is 68.0 Å². The van der Waals surface area contributed by atoms with Crippen LogP contribution in [0.1, 0.15) is 47.0 Å². The van der Waals surface area contributed by atoms with Gasteiger partial charge in [0.25, 0.3) is 0 Å². The first-order chi connectivity index (χ1) is 15.2. The lowest BCUT2D eigenvalue weighted by Gasteiger charge is -2.51. The predicted molar refractivity (Wildman–Crippen MR) is 113 cm³/mol. The number of quaternary nitrogens is 1. The quantitative estimate of drug-likeness (QED) is 0.652. The number of hydrogen-bond donors (Lipinski definition) is 1. The molecule has 1 amide bonds. The van der Waals surface area contributed by atoms with Crippen molar-refractivity contribution in [2.24, 2.45) is 0 Å². The molecule has 2 aliphatic heterocycles. The van der Waals surface area contributed by atoms with Crippen molar-refractivity contribution in [1.82, 2.24) is 15.5 Å². The van der Waals surface area contributed by atoms with Crippen LogP contribution in [-0.4, -0.2) is 46.8 Å². The van der Waals surface area contributed by atoms with Gasteiger partial charge >= 0.3 is 5.91 Å². The molecule has 2 aromatic heterocycles. The number of halogens is 1. The van der Waals surface area contributed by atoms with Gasteiger partial charge in [0.15, 0.2) is 5.54 Å². The van der Waals surface area contributed by atoms with Gasteiger partial charge in [-0.05, 0) is 36.4 Å². The van der Waals surface area contributed by atoms with E-state index >= 15 is 0 Å². The number of hydrogen-bond acceptors (Lipinski definition) is 5.